The summed E-state index contributed by atoms with van der Waals surface area (Å²) in [6, 6.07) is 13.2. The average molecular weight is 408 g/mol. The Labute approximate surface area is 167 Å². The van der Waals surface area contributed by atoms with Crippen molar-refractivity contribution < 1.29 is 19.1 Å². The lowest BCUT2D eigenvalue weighted by molar-refractivity contribution is -0.148. The van der Waals surface area contributed by atoms with Crippen molar-refractivity contribution in [3.63, 3.8) is 0 Å². The number of ketones is 1. The quantitative estimate of drug-likeness (QED) is 0.520. The minimum Gasteiger partial charge on any atom is -0.456 e. The lowest BCUT2D eigenvalue weighted by Crippen LogP contribution is -2.31. The monoisotopic (exact) mass is 407 g/mol. The van der Waals surface area contributed by atoms with E-state index in [0.29, 0.717) is 15.6 Å². The second-order valence-corrected chi connectivity index (χ2v) is 6.75. The van der Waals surface area contributed by atoms with Crippen LogP contribution in [0.5, 0.6) is 0 Å². The van der Waals surface area contributed by atoms with E-state index in [1.807, 2.05) is 12.1 Å². The van der Waals surface area contributed by atoms with Crippen molar-refractivity contribution in [1.82, 2.24) is 5.32 Å². The van der Waals surface area contributed by atoms with Crippen LogP contribution in [0.25, 0.3) is 0 Å². The van der Waals surface area contributed by atoms with Crippen molar-refractivity contribution in [2.24, 2.45) is 0 Å². The summed E-state index contributed by atoms with van der Waals surface area (Å²) in [5.41, 5.74) is 1.24. The number of nitrogens with one attached hydrogen (secondary N) is 1. The molecular weight excluding hydrogens is 389 g/mol. The van der Waals surface area contributed by atoms with E-state index in [2.05, 4.69) is 5.32 Å². The Morgan fingerprint density at radius 3 is 2.33 bits per heavy atom. The fourth-order valence-corrected chi connectivity index (χ4v) is 2.83. The zero-order valence-corrected chi connectivity index (χ0v) is 16.2. The molecule has 2 rings (SSSR count). The van der Waals surface area contributed by atoms with Crippen LogP contribution in [-0.2, 0) is 14.3 Å². The van der Waals surface area contributed by atoms with E-state index in [4.69, 9.17) is 27.9 Å². The summed E-state index contributed by atoms with van der Waals surface area (Å²) in [4.78, 5) is 35.7. The largest absolute Gasteiger partial charge is 0.456 e. The fraction of sp³-hybridized carbons (Fsp3) is 0.250. The number of ether oxygens (including phenoxy) is 1. The van der Waals surface area contributed by atoms with Gasteiger partial charge in [-0.25, -0.2) is 0 Å². The van der Waals surface area contributed by atoms with Crippen molar-refractivity contribution in [3.8, 4) is 0 Å². The van der Waals surface area contributed by atoms with Crippen LogP contribution < -0.4 is 5.32 Å². The zero-order valence-electron chi connectivity index (χ0n) is 14.7. The predicted molar refractivity (Wildman–Crippen MR) is 104 cm³/mol. The predicted octanol–water partition coefficient (Wildman–Crippen LogP) is 4.38. The van der Waals surface area contributed by atoms with Gasteiger partial charge >= 0.3 is 5.97 Å². The molecule has 0 fully saturated rings. The third kappa shape index (κ3) is 6.70. The number of hydrogen-bond acceptors (Lipinski definition) is 4. The minimum absolute atomic E-state index is 0.00187. The Morgan fingerprint density at radius 2 is 1.67 bits per heavy atom. The molecule has 1 N–H and O–H groups in total. The van der Waals surface area contributed by atoms with Gasteiger partial charge in [-0.1, -0.05) is 41.4 Å². The number of rotatable bonds is 8. The van der Waals surface area contributed by atoms with E-state index in [1.54, 1.807) is 43.3 Å². The summed E-state index contributed by atoms with van der Waals surface area (Å²) in [6.45, 7) is 1.37. The summed E-state index contributed by atoms with van der Waals surface area (Å²) in [5.74, 6) is -1.25. The average Bonchev–Trinajstić information content (AvgIpc) is 2.65. The van der Waals surface area contributed by atoms with E-state index in [0.717, 1.165) is 5.56 Å². The lowest BCUT2D eigenvalue weighted by Gasteiger charge is -2.15. The first-order chi connectivity index (χ1) is 12.9. The smallest absolute Gasteiger partial charge is 0.306 e. The van der Waals surface area contributed by atoms with Crippen LogP contribution >= 0.6 is 23.2 Å². The van der Waals surface area contributed by atoms with Crippen LogP contribution in [-0.4, -0.2) is 24.3 Å². The highest BCUT2D eigenvalue weighted by Gasteiger charge is 2.15. The zero-order chi connectivity index (χ0) is 19.8. The molecule has 0 heterocycles. The van der Waals surface area contributed by atoms with E-state index in [9.17, 15) is 14.4 Å². The Morgan fingerprint density at radius 1 is 1.00 bits per heavy atom. The molecule has 0 radical (unpaired) electrons. The Bertz CT molecular complexity index is 821. The van der Waals surface area contributed by atoms with Crippen LogP contribution in [0.1, 0.15) is 41.7 Å². The molecule has 7 heteroatoms. The molecule has 0 saturated heterocycles. The molecule has 0 bridgehead atoms. The molecule has 0 aliphatic heterocycles. The molecule has 5 nitrogen and oxygen atoms in total. The molecule has 0 aliphatic rings. The van der Waals surface area contributed by atoms with E-state index >= 15 is 0 Å². The minimum atomic E-state index is -0.613. The number of Topliss-reactive ketones (excluding diaryl/α,β-unsaturated/α-hetero) is 1. The van der Waals surface area contributed by atoms with Gasteiger partial charge in [-0.2, -0.15) is 0 Å². The normalized spacial score (nSPS) is 11.5. The molecular formula is C20H19Cl2NO4. The van der Waals surface area contributed by atoms with Gasteiger partial charge in [0.25, 0.3) is 5.91 Å². The number of carbonyl (C=O) groups excluding carboxylic acids is 3. The van der Waals surface area contributed by atoms with Crippen molar-refractivity contribution in [1.29, 1.82) is 0 Å². The Kier molecular flexibility index (Phi) is 7.82. The highest BCUT2D eigenvalue weighted by molar-refractivity contribution is 6.31. The molecule has 0 saturated carbocycles. The number of hydrogen-bond donors (Lipinski definition) is 1. The Hall–Kier alpha value is -2.37. The summed E-state index contributed by atoms with van der Waals surface area (Å²) < 4.78 is 4.92. The van der Waals surface area contributed by atoms with Gasteiger partial charge in [0.15, 0.2) is 12.4 Å². The highest BCUT2D eigenvalue weighted by atomic mass is 35.5. The first kappa shape index (κ1) is 20.9. The first-order valence-electron chi connectivity index (χ1n) is 8.35. The fourth-order valence-electron chi connectivity index (χ4n) is 2.40. The van der Waals surface area contributed by atoms with Crippen LogP contribution in [0, 0.1) is 0 Å². The standard InChI is InChI=1S/C20H19Cl2NO4/c1-13(16-4-2-3-5-17(16)22)23-19(25)12-27-20(26)11-10-18(24)14-6-8-15(21)9-7-14/h2-9,13H,10-12H2,1H3,(H,23,25)/t13-/m1/s1. The molecule has 2 aromatic carbocycles. The summed E-state index contributed by atoms with van der Waals surface area (Å²) in [5, 5.41) is 3.78. The van der Waals surface area contributed by atoms with Gasteiger partial charge in [0, 0.05) is 22.0 Å². The summed E-state index contributed by atoms with van der Waals surface area (Å²) in [7, 11) is 0. The van der Waals surface area contributed by atoms with E-state index in [1.165, 1.54) is 0 Å². The summed E-state index contributed by atoms with van der Waals surface area (Å²) in [6.07, 6.45) is -0.104. The number of halogens is 2. The van der Waals surface area contributed by atoms with Crippen molar-refractivity contribution >= 4 is 40.9 Å². The maximum Gasteiger partial charge on any atom is 0.306 e. The van der Waals surface area contributed by atoms with Crippen LogP contribution in [0.4, 0.5) is 0 Å². The maximum absolute atomic E-state index is 12.0. The lowest BCUT2D eigenvalue weighted by atomic mass is 10.1. The molecule has 0 aliphatic carbocycles. The molecule has 142 valence electrons. The van der Waals surface area contributed by atoms with Crippen molar-refractivity contribution in [3.05, 3.63) is 69.7 Å². The molecule has 0 spiro atoms. The van der Waals surface area contributed by atoms with Gasteiger partial charge in [-0.05, 0) is 42.8 Å². The second kappa shape index (κ2) is 10.1. The Balaban J connectivity index is 1.73. The molecule has 1 amide bonds. The maximum atomic E-state index is 12.0. The molecule has 0 unspecified atom stereocenters. The van der Waals surface area contributed by atoms with Crippen LogP contribution in [0.3, 0.4) is 0 Å². The molecule has 1 atom stereocenters. The van der Waals surface area contributed by atoms with Gasteiger partial charge in [-0.3, -0.25) is 14.4 Å². The van der Waals surface area contributed by atoms with Crippen molar-refractivity contribution in [2.45, 2.75) is 25.8 Å². The number of carbonyl (C=O) groups is 3. The van der Waals surface area contributed by atoms with E-state index < -0.39 is 18.5 Å². The highest BCUT2D eigenvalue weighted by Crippen LogP contribution is 2.21. The van der Waals surface area contributed by atoms with E-state index in [-0.39, 0.29) is 24.7 Å². The first-order valence-corrected chi connectivity index (χ1v) is 9.10. The van der Waals surface area contributed by atoms with Gasteiger partial charge in [0.05, 0.1) is 12.5 Å². The second-order valence-electron chi connectivity index (χ2n) is 5.90. The number of benzene rings is 2. The summed E-state index contributed by atoms with van der Waals surface area (Å²) >= 11 is 11.9. The van der Waals surface area contributed by atoms with Gasteiger partial charge in [0.1, 0.15) is 0 Å². The topological polar surface area (TPSA) is 72.5 Å². The number of esters is 1. The molecule has 2 aromatic rings. The van der Waals surface area contributed by atoms with Gasteiger partial charge in [0.2, 0.25) is 0 Å². The van der Waals surface area contributed by atoms with Crippen LogP contribution in [0.15, 0.2) is 48.5 Å². The SMILES string of the molecule is C[C@@H](NC(=O)COC(=O)CCC(=O)c1ccc(Cl)cc1)c1ccccc1Cl. The third-order valence-electron chi connectivity index (χ3n) is 3.84. The molecule has 0 aromatic heterocycles. The van der Waals surface area contributed by atoms with Gasteiger partial charge in [-0.15, -0.1) is 0 Å². The molecule has 27 heavy (non-hydrogen) atoms. The van der Waals surface area contributed by atoms with Gasteiger partial charge < -0.3 is 10.1 Å². The van der Waals surface area contributed by atoms with Crippen molar-refractivity contribution in [2.75, 3.05) is 6.61 Å². The third-order valence-corrected chi connectivity index (χ3v) is 4.43. The number of amides is 1. The van der Waals surface area contributed by atoms with Crippen LogP contribution in [0.2, 0.25) is 10.0 Å².